The standard InChI is InChI=1S/C14H20N2O4/c1-18-13(17)11-3-4-12(16-7-11)8-15-9-14(19-2)5-6-20-10-14/h3-4,7,15H,5-6,8-10H2,1-2H3. The van der Waals surface area contributed by atoms with Crippen molar-refractivity contribution in [1.82, 2.24) is 10.3 Å². The minimum absolute atomic E-state index is 0.230. The van der Waals surface area contributed by atoms with Gasteiger partial charge in [0.1, 0.15) is 5.60 Å². The van der Waals surface area contributed by atoms with Crippen LogP contribution in [0.15, 0.2) is 18.3 Å². The fourth-order valence-electron chi connectivity index (χ4n) is 2.15. The molecule has 1 aromatic rings. The van der Waals surface area contributed by atoms with Crippen LogP contribution in [0.5, 0.6) is 0 Å². The number of carbonyl (C=O) groups excluding carboxylic acids is 1. The molecule has 1 fully saturated rings. The summed E-state index contributed by atoms with van der Waals surface area (Å²) in [4.78, 5) is 15.5. The summed E-state index contributed by atoms with van der Waals surface area (Å²) in [6.07, 6.45) is 2.42. The minimum atomic E-state index is -0.376. The van der Waals surface area contributed by atoms with Crippen molar-refractivity contribution in [1.29, 1.82) is 0 Å². The van der Waals surface area contributed by atoms with Gasteiger partial charge in [-0.2, -0.15) is 0 Å². The number of ether oxygens (including phenoxy) is 3. The lowest BCUT2D eigenvalue weighted by molar-refractivity contribution is -0.0159. The van der Waals surface area contributed by atoms with E-state index in [1.165, 1.54) is 13.3 Å². The van der Waals surface area contributed by atoms with Crippen LogP contribution >= 0.6 is 0 Å². The molecule has 110 valence electrons. The van der Waals surface area contributed by atoms with Crippen molar-refractivity contribution >= 4 is 5.97 Å². The van der Waals surface area contributed by atoms with Crippen LogP contribution in [0.2, 0.25) is 0 Å². The Labute approximate surface area is 118 Å². The molecule has 1 N–H and O–H groups in total. The summed E-state index contributed by atoms with van der Waals surface area (Å²) in [6, 6.07) is 3.52. The van der Waals surface area contributed by atoms with Crippen LogP contribution in [-0.2, 0) is 20.8 Å². The van der Waals surface area contributed by atoms with E-state index in [1.807, 2.05) is 6.07 Å². The summed E-state index contributed by atoms with van der Waals surface area (Å²) in [7, 11) is 3.06. The number of hydrogen-bond acceptors (Lipinski definition) is 6. The second kappa shape index (κ2) is 6.78. The molecule has 6 nitrogen and oxygen atoms in total. The molecule has 0 aliphatic carbocycles. The number of nitrogens with one attached hydrogen (secondary N) is 1. The third-order valence-electron chi connectivity index (χ3n) is 3.50. The summed E-state index contributed by atoms with van der Waals surface area (Å²) in [5.74, 6) is -0.376. The number of rotatable bonds is 6. The predicted molar refractivity (Wildman–Crippen MR) is 72.5 cm³/mol. The van der Waals surface area contributed by atoms with E-state index in [-0.39, 0.29) is 11.6 Å². The van der Waals surface area contributed by atoms with E-state index < -0.39 is 0 Å². The number of carbonyl (C=O) groups is 1. The van der Waals surface area contributed by atoms with Gasteiger partial charge in [-0.1, -0.05) is 0 Å². The summed E-state index contributed by atoms with van der Waals surface area (Å²) in [5.41, 5.74) is 1.09. The number of pyridine rings is 1. The van der Waals surface area contributed by atoms with Gasteiger partial charge in [-0.05, 0) is 12.1 Å². The monoisotopic (exact) mass is 280 g/mol. The van der Waals surface area contributed by atoms with E-state index >= 15 is 0 Å². The van der Waals surface area contributed by atoms with Crippen LogP contribution in [0.4, 0.5) is 0 Å². The lowest BCUT2D eigenvalue weighted by Crippen LogP contribution is -2.42. The van der Waals surface area contributed by atoms with Crippen LogP contribution in [0, 0.1) is 0 Å². The number of hydrogen-bond donors (Lipinski definition) is 1. The molecule has 0 aromatic carbocycles. The first kappa shape index (κ1) is 14.9. The van der Waals surface area contributed by atoms with Gasteiger partial charge in [-0.3, -0.25) is 4.98 Å². The maximum Gasteiger partial charge on any atom is 0.339 e. The highest BCUT2D eigenvalue weighted by molar-refractivity contribution is 5.88. The van der Waals surface area contributed by atoms with Gasteiger partial charge in [0, 0.05) is 39.4 Å². The normalized spacial score (nSPS) is 21.9. The third-order valence-corrected chi connectivity index (χ3v) is 3.50. The molecule has 1 aliphatic heterocycles. The van der Waals surface area contributed by atoms with E-state index in [0.717, 1.165) is 18.7 Å². The smallest absolute Gasteiger partial charge is 0.339 e. The van der Waals surface area contributed by atoms with Crippen molar-refractivity contribution in [3.63, 3.8) is 0 Å². The van der Waals surface area contributed by atoms with Crippen molar-refractivity contribution < 1.29 is 19.0 Å². The lowest BCUT2D eigenvalue weighted by Gasteiger charge is -2.25. The molecule has 0 radical (unpaired) electrons. The molecule has 1 aromatic heterocycles. The Morgan fingerprint density at radius 1 is 1.50 bits per heavy atom. The number of nitrogens with zero attached hydrogens (tertiary/aromatic N) is 1. The van der Waals surface area contributed by atoms with Crippen molar-refractivity contribution in [3.05, 3.63) is 29.6 Å². The fraction of sp³-hybridized carbons (Fsp3) is 0.571. The predicted octanol–water partition coefficient (Wildman–Crippen LogP) is 0.763. The summed E-state index contributed by atoms with van der Waals surface area (Å²) in [5, 5.41) is 3.31. The molecular weight excluding hydrogens is 260 g/mol. The van der Waals surface area contributed by atoms with Crippen molar-refractivity contribution in [2.45, 2.75) is 18.6 Å². The Hall–Kier alpha value is -1.50. The van der Waals surface area contributed by atoms with Crippen molar-refractivity contribution in [2.24, 2.45) is 0 Å². The fourth-order valence-corrected chi connectivity index (χ4v) is 2.15. The zero-order chi connectivity index (χ0) is 14.4. The van der Waals surface area contributed by atoms with Crippen molar-refractivity contribution in [3.8, 4) is 0 Å². The van der Waals surface area contributed by atoms with E-state index in [1.54, 1.807) is 13.2 Å². The molecule has 1 unspecified atom stereocenters. The zero-order valence-corrected chi connectivity index (χ0v) is 11.8. The molecule has 2 rings (SSSR count). The molecule has 0 spiro atoms. The van der Waals surface area contributed by atoms with Crippen LogP contribution < -0.4 is 5.32 Å². The topological polar surface area (TPSA) is 69.7 Å². The maximum atomic E-state index is 11.3. The first-order valence-electron chi connectivity index (χ1n) is 6.56. The molecule has 0 bridgehead atoms. The van der Waals surface area contributed by atoms with Crippen LogP contribution in [-0.4, -0.2) is 50.5 Å². The molecule has 6 heteroatoms. The minimum Gasteiger partial charge on any atom is -0.465 e. The van der Waals surface area contributed by atoms with Gasteiger partial charge in [-0.25, -0.2) is 4.79 Å². The van der Waals surface area contributed by atoms with Crippen LogP contribution in [0.3, 0.4) is 0 Å². The van der Waals surface area contributed by atoms with E-state index in [2.05, 4.69) is 15.0 Å². The third kappa shape index (κ3) is 3.53. The highest BCUT2D eigenvalue weighted by Crippen LogP contribution is 2.21. The van der Waals surface area contributed by atoms with Crippen LogP contribution in [0.25, 0.3) is 0 Å². The molecule has 1 atom stereocenters. The Balaban J connectivity index is 1.83. The van der Waals surface area contributed by atoms with E-state index in [4.69, 9.17) is 9.47 Å². The molecule has 1 saturated heterocycles. The lowest BCUT2D eigenvalue weighted by atomic mass is 10.0. The Bertz CT molecular complexity index is 441. The van der Waals surface area contributed by atoms with E-state index in [9.17, 15) is 4.79 Å². The summed E-state index contributed by atoms with van der Waals surface area (Å²) < 4.78 is 15.5. The average molecular weight is 280 g/mol. The molecule has 0 saturated carbocycles. The molecule has 0 amide bonds. The largest absolute Gasteiger partial charge is 0.465 e. The number of methoxy groups -OCH3 is 2. The first-order chi connectivity index (χ1) is 9.69. The molecule has 2 heterocycles. The van der Waals surface area contributed by atoms with Crippen LogP contribution in [0.1, 0.15) is 22.5 Å². The maximum absolute atomic E-state index is 11.3. The molecule has 20 heavy (non-hydrogen) atoms. The number of esters is 1. The van der Waals surface area contributed by atoms with Gasteiger partial charge in [0.2, 0.25) is 0 Å². The van der Waals surface area contributed by atoms with Gasteiger partial charge in [0.05, 0.1) is 25.0 Å². The van der Waals surface area contributed by atoms with Gasteiger partial charge < -0.3 is 19.5 Å². The summed E-state index contributed by atoms with van der Waals surface area (Å²) in [6.45, 7) is 2.68. The summed E-state index contributed by atoms with van der Waals surface area (Å²) >= 11 is 0. The first-order valence-corrected chi connectivity index (χ1v) is 6.56. The molecule has 1 aliphatic rings. The number of aromatic nitrogens is 1. The molecular formula is C14H20N2O4. The van der Waals surface area contributed by atoms with Crippen molar-refractivity contribution in [2.75, 3.05) is 34.0 Å². The highest BCUT2D eigenvalue weighted by atomic mass is 16.5. The second-order valence-electron chi connectivity index (χ2n) is 4.82. The Morgan fingerprint density at radius 2 is 2.35 bits per heavy atom. The van der Waals surface area contributed by atoms with E-state index in [0.29, 0.717) is 25.3 Å². The zero-order valence-electron chi connectivity index (χ0n) is 11.8. The SMILES string of the molecule is COC(=O)c1ccc(CNCC2(OC)CCOC2)nc1. The Morgan fingerprint density at radius 3 is 2.90 bits per heavy atom. The van der Waals surface area contributed by atoms with Gasteiger partial charge >= 0.3 is 5.97 Å². The van der Waals surface area contributed by atoms with Gasteiger partial charge in [-0.15, -0.1) is 0 Å². The average Bonchev–Trinajstić information content (AvgIpc) is 2.96. The van der Waals surface area contributed by atoms with Gasteiger partial charge in [0.25, 0.3) is 0 Å². The van der Waals surface area contributed by atoms with Gasteiger partial charge in [0.15, 0.2) is 0 Å². The Kier molecular flexibility index (Phi) is 5.05. The highest BCUT2D eigenvalue weighted by Gasteiger charge is 2.34. The quantitative estimate of drug-likeness (QED) is 0.776. The second-order valence-corrected chi connectivity index (χ2v) is 4.82.